The van der Waals surface area contributed by atoms with Crippen LogP contribution in [0, 0.1) is 11.3 Å². The second-order valence-corrected chi connectivity index (χ2v) is 6.97. The van der Waals surface area contributed by atoms with E-state index >= 15 is 0 Å². The van der Waals surface area contributed by atoms with Crippen molar-refractivity contribution < 1.29 is 0 Å². The Bertz CT molecular complexity index is 497. The Hall–Kier alpha value is -0.800. The fourth-order valence-electron chi connectivity index (χ4n) is 2.83. The van der Waals surface area contributed by atoms with Gasteiger partial charge in [0, 0.05) is 11.9 Å². The molecular weight excluding hydrogens is 281 g/mol. The van der Waals surface area contributed by atoms with E-state index in [9.17, 15) is 0 Å². The Balaban J connectivity index is 2.09. The van der Waals surface area contributed by atoms with E-state index in [-0.39, 0.29) is 0 Å². The van der Waals surface area contributed by atoms with Crippen molar-refractivity contribution in [3.8, 4) is 0 Å². The summed E-state index contributed by atoms with van der Waals surface area (Å²) < 4.78 is 0. The van der Waals surface area contributed by atoms with Crippen LogP contribution in [-0.4, -0.2) is 10.7 Å². The first-order valence-corrected chi connectivity index (χ1v) is 7.24. The SMILES string of the molecule is CC1C/C(=N\Nc2ncc(Cl)cc2Cl)CC(C)(C)C1. The van der Waals surface area contributed by atoms with Gasteiger partial charge in [0.15, 0.2) is 5.82 Å². The summed E-state index contributed by atoms with van der Waals surface area (Å²) in [7, 11) is 0. The lowest BCUT2D eigenvalue weighted by atomic mass is 9.72. The second-order valence-electron chi connectivity index (χ2n) is 6.13. The summed E-state index contributed by atoms with van der Waals surface area (Å²) in [5.41, 5.74) is 4.45. The smallest absolute Gasteiger partial charge is 0.165 e. The predicted octanol–water partition coefficient (Wildman–Crippen LogP) is 5.00. The van der Waals surface area contributed by atoms with E-state index in [1.54, 1.807) is 12.3 Å². The largest absolute Gasteiger partial charge is 0.260 e. The summed E-state index contributed by atoms with van der Waals surface area (Å²) in [5, 5.41) is 5.48. The van der Waals surface area contributed by atoms with Gasteiger partial charge in [-0.05, 0) is 36.7 Å². The molecule has 104 valence electrons. The number of hydrogen-bond donors (Lipinski definition) is 1. The Morgan fingerprint density at radius 3 is 2.79 bits per heavy atom. The van der Waals surface area contributed by atoms with Gasteiger partial charge in [-0.1, -0.05) is 44.0 Å². The average Bonchev–Trinajstić information content (AvgIpc) is 2.25. The molecule has 1 unspecified atom stereocenters. The Morgan fingerprint density at radius 2 is 2.16 bits per heavy atom. The molecular formula is C14H19Cl2N3. The Morgan fingerprint density at radius 1 is 1.42 bits per heavy atom. The topological polar surface area (TPSA) is 37.3 Å². The van der Waals surface area contributed by atoms with Gasteiger partial charge in [0.1, 0.15) is 0 Å². The zero-order valence-electron chi connectivity index (χ0n) is 11.5. The van der Waals surface area contributed by atoms with Crippen molar-refractivity contribution in [2.24, 2.45) is 16.4 Å². The molecule has 3 nitrogen and oxygen atoms in total. The van der Waals surface area contributed by atoms with Crippen molar-refractivity contribution in [2.75, 3.05) is 5.43 Å². The molecule has 1 fully saturated rings. The summed E-state index contributed by atoms with van der Waals surface area (Å²) in [6, 6.07) is 1.66. The number of hydrogen-bond acceptors (Lipinski definition) is 3. The van der Waals surface area contributed by atoms with E-state index in [0.717, 1.165) is 12.8 Å². The number of nitrogens with one attached hydrogen (secondary N) is 1. The van der Waals surface area contributed by atoms with E-state index in [4.69, 9.17) is 23.2 Å². The van der Waals surface area contributed by atoms with Gasteiger partial charge in [-0.15, -0.1) is 0 Å². The molecule has 1 aliphatic carbocycles. The molecule has 0 spiro atoms. The molecule has 1 aromatic rings. The maximum atomic E-state index is 6.05. The fraction of sp³-hybridized carbons (Fsp3) is 0.571. The molecule has 1 atom stereocenters. The zero-order valence-corrected chi connectivity index (χ0v) is 13.0. The van der Waals surface area contributed by atoms with Gasteiger partial charge in [0.2, 0.25) is 0 Å². The number of hydrazone groups is 1. The van der Waals surface area contributed by atoms with Crippen molar-refractivity contribution in [1.29, 1.82) is 0 Å². The van der Waals surface area contributed by atoms with Crippen LogP contribution >= 0.6 is 23.2 Å². The molecule has 1 aromatic heterocycles. The second kappa shape index (κ2) is 5.68. The molecule has 0 aliphatic heterocycles. The van der Waals surface area contributed by atoms with Gasteiger partial charge in [-0.25, -0.2) is 4.98 Å². The lowest BCUT2D eigenvalue weighted by Crippen LogP contribution is -2.28. The summed E-state index contributed by atoms with van der Waals surface area (Å²) in [5.74, 6) is 1.22. The van der Waals surface area contributed by atoms with Crippen molar-refractivity contribution in [2.45, 2.75) is 40.0 Å². The number of nitrogens with zero attached hydrogens (tertiary/aromatic N) is 2. The molecule has 0 aromatic carbocycles. The normalized spacial score (nSPS) is 24.5. The number of pyridine rings is 1. The highest BCUT2D eigenvalue weighted by Crippen LogP contribution is 2.37. The van der Waals surface area contributed by atoms with E-state index in [1.807, 2.05) is 0 Å². The van der Waals surface area contributed by atoms with Gasteiger partial charge in [-0.3, -0.25) is 5.43 Å². The third kappa shape index (κ3) is 4.08. The monoisotopic (exact) mass is 299 g/mol. The fourth-order valence-corrected chi connectivity index (χ4v) is 3.25. The van der Waals surface area contributed by atoms with Gasteiger partial charge >= 0.3 is 0 Å². The van der Waals surface area contributed by atoms with Crippen molar-refractivity contribution >= 4 is 34.7 Å². The maximum absolute atomic E-state index is 6.05. The van der Waals surface area contributed by atoms with Crippen LogP contribution in [-0.2, 0) is 0 Å². The van der Waals surface area contributed by atoms with Crippen LogP contribution in [0.15, 0.2) is 17.4 Å². The van der Waals surface area contributed by atoms with Crippen molar-refractivity contribution in [3.05, 3.63) is 22.3 Å². The molecule has 1 N–H and O–H groups in total. The lowest BCUT2D eigenvalue weighted by Gasteiger charge is -2.34. The zero-order chi connectivity index (χ0) is 14.0. The Labute approximate surface area is 124 Å². The van der Waals surface area contributed by atoms with E-state index in [0.29, 0.717) is 27.2 Å². The first-order valence-electron chi connectivity index (χ1n) is 6.48. The number of rotatable bonds is 2. The minimum absolute atomic E-state index is 0.315. The van der Waals surface area contributed by atoms with Gasteiger partial charge in [-0.2, -0.15) is 5.10 Å². The first-order chi connectivity index (χ1) is 8.85. The highest BCUT2D eigenvalue weighted by atomic mass is 35.5. The number of anilines is 1. The van der Waals surface area contributed by atoms with Crippen LogP contribution in [0.25, 0.3) is 0 Å². The molecule has 1 heterocycles. The summed E-state index contributed by atoms with van der Waals surface area (Å²) in [6.07, 6.45) is 4.84. The lowest BCUT2D eigenvalue weighted by molar-refractivity contribution is 0.266. The summed E-state index contributed by atoms with van der Waals surface area (Å²) in [6.45, 7) is 6.83. The maximum Gasteiger partial charge on any atom is 0.165 e. The van der Waals surface area contributed by atoms with Crippen LogP contribution in [0.2, 0.25) is 10.0 Å². The predicted molar refractivity (Wildman–Crippen MR) is 82.1 cm³/mol. The van der Waals surface area contributed by atoms with Crippen LogP contribution in [0.4, 0.5) is 5.82 Å². The quantitative estimate of drug-likeness (QED) is 0.780. The minimum Gasteiger partial charge on any atom is -0.260 e. The first kappa shape index (κ1) is 14.6. The average molecular weight is 300 g/mol. The number of halogens is 2. The standard InChI is InChI=1S/C14H19Cl2N3/c1-9-4-11(7-14(2,3)6-9)18-19-13-12(16)5-10(15)8-17-13/h5,8-9H,4,6-7H2,1-3H3,(H,17,19)/b18-11+. The van der Waals surface area contributed by atoms with Crippen LogP contribution < -0.4 is 5.43 Å². The number of aromatic nitrogens is 1. The summed E-state index contributed by atoms with van der Waals surface area (Å²) in [4.78, 5) is 4.14. The van der Waals surface area contributed by atoms with E-state index in [1.165, 1.54) is 12.1 Å². The van der Waals surface area contributed by atoms with Gasteiger partial charge < -0.3 is 0 Å². The van der Waals surface area contributed by atoms with Gasteiger partial charge in [0.05, 0.1) is 10.0 Å². The van der Waals surface area contributed by atoms with E-state index < -0.39 is 0 Å². The third-order valence-corrected chi connectivity index (χ3v) is 3.79. The molecule has 5 heteroatoms. The van der Waals surface area contributed by atoms with Crippen LogP contribution in [0.3, 0.4) is 0 Å². The van der Waals surface area contributed by atoms with Crippen LogP contribution in [0.5, 0.6) is 0 Å². The van der Waals surface area contributed by atoms with Crippen LogP contribution in [0.1, 0.15) is 40.0 Å². The molecule has 0 amide bonds. The minimum atomic E-state index is 0.315. The molecule has 0 bridgehead atoms. The Kier molecular flexibility index (Phi) is 4.36. The molecule has 1 saturated carbocycles. The van der Waals surface area contributed by atoms with Crippen molar-refractivity contribution in [3.63, 3.8) is 0 Å². The van der Waals surface area contributed by atoms with E-state index in [2.05, 4.69) is 36.3 Å². The molecule has 0 radical (unpaired) electrons. The molecule has 0 saturated heterocycles. The molecule has 19 heavy (non-hydrogen) atoms. The summed E-state index contributed by atoms with van der Waals surface area (Å²) >= 11 is 11.9. The molecule has 1 aliphatic rings. The highest BCUT2D eigenvalue weighted by Gasteiger charge is 2.29. The van der Waals surface area contributed by atoms with Crippen molar-refractivity contribution in [1.82, 2.24) is 4.98 Å². The van der Waals surface area contributed by atoms with Gasteiger partial charge in [0.25, 0.3) is 0 Å². The highest BCUT2D eigenvalue weighted by molar-refractivity contribution is 6.35. The third-order valence-electron chi connectivity index (χ3n) is 3.30. The molecule has 2 rings (SSSR count).